The van der Waals surface area contributed by atoms with E-state index in [9.17, 15) is 5.11 Å². The number of azide groups is 1. The van der Waals surface area contributed by atoms with Crippen LogP contribution in [0, 0.1) is 0 Å². The summed E-state index contributed by atoms with van der Waals surface area (Å²) in [5.74, 6) is 0. The number of aliphatic hydroxyl groups excluding tert-OH is 4. The minimum Gasteiger partial charge on any atom is -0.425 e. The molecule has 0 radical (unpaired) electrons. The molecule has 0 amide bonds. The Kier molecular flexibility index (Phi) is 4.09. The summed E-state index contributed by atoms with van der Waals surface area (Å²) in [7, 11) is 0. The normalized spacial score (nSPS) is 37.1. The van der Waals surface area contributed by atoms with Gasteiger partial charge in [-0.2, -0.15) is 0 Å². The summed E-state index contributed by atoms with van der Waals surface area (Å²) in [5, 5.41) is 39.1. The van der Waals surface area contributed by atoms with Crippen molar-refractivity contribution < 1.29 is 30.0 Å². The summed E-state index contributed by atoms with van der Waals surface area (Å²) in [5.41, 5.74) is 7.97. The smallest absolute Gasteiger partial charge is 0.184 e. The molecular formula is C6H11N3O6. The standard InChI is InChI=1S/C6H11N3O6/c7-8-9-15-2(1-10)5-3(11)4(12)6(13)14-5/h2-6,10-13H,1H2/t2-,3-,4-,5+,6-/m0/s1. The van der Waals surface area contributed by atoms with Crippen molar-refractivity contribution in [1.29, 1.82) is 0 Å². The number of ether oxygens (including phenoxy) is 1. The van der Waals surface area contributed by atoms with E-state index in [0.29, 0.717) is 0 Å². The van der Waals surface area contributed by atoms with Gasteiger partial charge in [0.2, 0.25) is 0 Å². The van der Waals surface area contributed by atoms with Gasteiger partial charge in [-0.1, -0.05) is 0 Å². The van der Waals surface area contributed by atoms with Gasteiger partial charge in [0, 0.05) is 4.91 Å². The Morgan fingerprint density at radius 1 is 1.40 bits per heavy atom. The Morgan fingerprint density at radius 3 is 2.47 bits per heavy atom. The molecule has 0 aromatic rings. The lowest BCUT2D eigenvalue weighted by molar-refractivity contribution is -0.161. The zero-order valence-electron chi connectivity index (χ0n) is 7.54. The van der Waals surface area contributed by atoms with Gasteiger partial charge in [0.1, 0.15) is 23.6 Å². The van der Waals surface area contributed by atoms with Crippen molar-refractivity contribution >= 4 is 0 Å². The van der Waals surface area contributed by atoms with E-state index in [1.807, 2.05) is 0 Å². The highest BCUT2D eigenvalue weighted by molar-refractivity contribution is 4.90. The van der Waals surface area contributed by atoms with E-state index in [4.69, 9.17) is 25.6 Å². The van der Waals surface area contributed by atoms with E-state index in [0.717, 1.165) is 0 Å². The highest BCUT2D eigenvalue weighted by atomic mass is 16.7. The van der Waals surface area contributed by atoms with Gasteiger partial charge < -0.3 is 30.0 Å². The van der Waals surface area contributed by atoms with E-state index >= 15 is 0 Å². The maximum Gasteiger partial charge on any atom is 0.184 e. The van der Waals surface area contributed by atoms with E-state index in [2.05, 4.69) is 15.0 Å². The van der Waals surface area contributed by atoms with Crippen LogP contribution in [0.5, 0.6) is 0 Å². The van der Waals surface area contributed by atoms with Crippen LogP contribution in [0.1, 0.15) is 0 Å². The van der Waals surface area contributed by atoms with E-state index in [1.165, 1.54) is 0 Å². The quantitative estimate of drug-likeness (QED) is 0.187. The van der Waals surface area contributed by atoms with Gasteiger partial charge in [0.25, 0.3) is 0 Å². The highest BCUT2D eigenvalue weighted by Crippen LogP contribution is 2.23. The first-order chi connectivity index (χ1) is 7.11. The van der Waals surface area contributed by atoms with Crippen LogP contribution in [0.4, 0.5) is 0 Å². The monoisotopic (exact) mass is 221 g/mol. The molecule has 9 nitrogen and oxygen atoms in total. The second-order valence-electron chi connectivity index (χ2n) is 2.97. The fraction of sp³-hybridized carbons (Fsp3) is 1.00. The van der Waals surface area contributed by atoms with E-state index < -0.39 is 37.3 Å². The molecule has 4 N–H and O–H groups in total. The second kappa shape index (κ2) is 5.12. The Labute approximate surface area is 84.0 Å². The van der Waals surface area contributed by atoms with Gasteiger partial charge >= 0.3 is 0 Å². The molecule has 1 saturated heterocycles. The molecule has 0 unspecified atom stereocenters. The van der Waals surface area contributed by atoms with E-state index in [1.54, 1.807) is 0 Å². The van der Waals surface area contributed by atoms with Crippen LogP contribution >= 0.6 is 0 Å². The van der Waals surface area contributed by atoms with Gasteiger partial charge in [-0.15, -0.1) is 0 Å². The molecule has 5 atom stereocenters. The van der Waals surface area contributed by atoms with Gasteiger partial charge in [0.15, 0.2) is 12.4 Å². The Hall–Kier alpha value is -1.09. The van der Waals surface area contributed by atoms with Crippen LogP contribution in [-0.4, -0.2) is 57.7 Å². The lowest BCUT2D eigenvalue weighted by Crippen LogP contribution is -2.41. The molecule has 0 saturated carbocycles. The van der Waals surface area contributed by atoms with Crippen molar-refractivity contribution in [2.75, 3.05) is 6.61 Å². The second-order valence-corrected chi connectivity index (χ2v) is 2.97. The van der Waals surface area contributed by atoms with Crippen molar-refractivity contribution in [3.63, 3.8) is 0 Å². The molecule has 0 bridgehead atoms. The molecule has 86 valence electrons. The van der Waals surface area contributed by atoms with E-state index in [-0.39, 0.29) is 0 Å². The first-order valence-corrected chi connectivity index (χ1v) is 4.12. The van der Waals surface area contributed by atoms with Crippen LogP contribution in [0.2, 0.25) is 0 Å². The van der Waals surface area contributed by atoms with Crippen LogP contribution in [0.15, 0.2) is 5.28 Å². The first kappa shape index (κ1) is 12.0. The largest absolute Gasteiger partial charge is 0.425 e. The minimum absolute atomic E-state index is 0.597. The highest BCUT2D eigenvalue weighted by Gasteiger charge is 2.46. The third kappa shape index (κ3) is 2.48. The summed E-state index contributed by atoms with van der Waals surface area (Å²) >= 11 is 0. The zero-order valence-corrected chi connectivity index (χ0v) is 7.54. The lowest BCUT2D eigenvalue weighted by Gasteiger charge is -2.21. The topological polar surface area (TPSA) is 148 Å². The van der Waals surface area contributed by atoms with Crippen molar-refractivity contribution in [2.24, 2.45) is 5.28 Å². The maximum absolute atomic E-state index is 9.37. The minimum atomic E-state index is -1.56. The van der Waals surface area contributed by atoms with Crippen LogP contribution in [0.25, 0.3) is 10.4 Å². The third-order valence-electron chi connectivity index (χ3n) is 2.04. The maximum atomic E-state index is 9.37. The summed E-state index contributed by atoms with van der Waals surface area (Å²) in [6, 6.07) is 0. The molecule has 1 aliphatic rings. The molecule has 1 aliphatic heterocycles. The van der Waals surface area contributed by atoms with Gasteiger partial charge in [-0.25, -0.2) is 0 Å². The first-order valence-electron chi connectivity index (χ1n) is 4.12. The molecule has 0 aromatic carbocycles. The van der Waals surface area contributed by atoms with Crippen molar-refractivity contribution in [3.8, 4) is 0 Å². The molecule has 0 aliphatic carbocycles. The molecule has 1 rings (SSSR count). The SMILES string of the molecule is [N-]=[N+]=NO[C@@H](CO)[C@H]1O[C@H](O)[C@@H](O)[C@@H]1O. The predicted octanol–water partition coefficient (Wildman–Crippen LogP) is -1.97. The number of hydrogen-bond donors (Lipinski definition) is 4. The van der Waals surface area contributed by atoms with Crippen LogP contribution in [0.3, 0.4) is 0 Å². The third-order valence-corrected chi connectivity index (χ3v) is 2.04. The average Bonchev–Trinajstić information content (AvgIpc) is 2.48. The van der Waals surface area contributed by atoms with Crippen molar-refractivity contribution in [2.45, 2.75) is 30.7 Å². The molecule has 15 heavy (non-hydrogen) atoms. The Balaban J connectivity index is 2.64. The van der Waals surface area contributed by atoms with Crippen molar-refractivity contribution in [3.05, 3.63) is 10.4 Å². The fourth-order valence-corrected chi connectivity index (χ4v) is 1.27. The van der Waals surface area contributed by atoms with Gasteiger partial charge in [-0.3, -0.25) is 0 Å². The number of nitrogens with zero attached hydrogens (tertiary/aromatic N) is 3. The van der Waals surface area contributed by atoms with Crippen LogP contribution in [-0.2, 0) is 9.57 Å². The fourth-order valence-electron chi connectivity index (χ4n) is 1.27. The molecule has 9 heteroatoms. The number of rotatable bonds is 4. The van der Waals surface area contributed by atoms with Crippen molar-refractivity contribution in [1.82, 2.24) is 0 Å². The van der Waals surface area contributed by atoms with Gasteiger partial charge in [-0.05, 0) is 5.53 Å². The molecule has 1 heterocycles. The predicted molar refractivity (Wildman–Crippen MR) is 44.0 cm³/mol. The summed E-state index contributed by atoms with van der Waals surface area (Å²) in [4.78, 5) is 6.73. The Bertz CT molecular complexity index is 257. The average molecular weight is 221 g/mol. The summed E-state index contributed by atoms with van der Waals surface area (Å²) < 4.78 is 4.72. The Morgan fingerprint density at radius 2 is 2.07 bits per heavy atom. The number of hydrogen-bond acceptors (Lipinski definition) is 7. The lowest BCUT2D eigenvalue weighted by atomic mass is 10.1. The van der Waals surface area contributed by atoms with Crippen LogP contribution < -0.4 is 0 Å². The molecule has 0 aromatic heterocycles. The zero-order chi connectivity index (χ0) is 11.4. The molecular weight excluding hydrogens is 210 g/mol. The summed E-state index contributed by atoms with van der Waals surface area (Å²) in [6.45, 7) is -0.597. The number of aliphatic hydroxyl groups is 4. The molecule has 1 fully saturated rings. The molecule has 0 spiro atoms. The van der Waals surface area contributed by atoms with Gasteiger partial charge in [0.05, 0.1) is 6.61 Å². The summed E-state index contributed by atoms with van der Waals surface area (Å²) in [6.07, 6.45) is -6.79.